The maximum Gasteiger partial charge on any atom is 0.253 e. The van der Waals surface area contributed by atoms with Gasteiger partial charge in [-0.25, -0.2) is 0 Å². The van der Waals surface area contributed by atoms with Gasteiger partial charge in [-0.15, -0.1) is 0 Å². The van der Waals surface area contributed by atoms with Crippen molar-refractivity contribution in [3.05, 3.63) is 95.0 Å². The molecule has 174 valence electrons. The highest BCUT2D eigenvalue weighted by atomic mass is 35.5. The molecule has 7 heteroatoms. The Hall–Kier alpha value is -2.80. The molecule has 0 unspecified atom stereocenters. The van der Waals surface area contributed by atoms with Gasteiger partial charge in [-0.05, 0) is 54.6 Å². The summed E-state index contributed by atoms with van der Waals surface area (Å²) in [5.74, 6) is 0.177. The van der Waals surface area contributed by atoms with Crippen molar-refractivity contribution >= 4 is 35.2 Å². The SMILES string of the molecule is O=C(c1ccccc1)N1CCN(C2CN(C(=O)c3ccc(Sc4cccc(Cl)c4)cc3)C2)CC1. The summed E-state index contributed by atoms with van der Waals surface area (Å²) in [7, 11) is 0. The Bertz CT molecular complexity index is 1160. The van der Waals surface area contributed by atoms with E-state index in [0.29, 0.717) is 16.6 Å². The molecule has 2 amide bonds. The highest BCUT2D eigenvalue weighted by Gasteiger charge is 2.36. The van der Waals surface area contributed by atoms with Crippen LogP contribution < -0.4 is 0 Å². The van der Waals surface area contributed by atoms with Crippen molar-refractivity contribution < 1.29 is 9.59 Å². The van der Waals surface area contributed by atoms with Crippen molar-refractivity contribution in [1.29, 1.82) is 0 Å². The molecule has 5 rings (SSSR count). The molecule has 0 N–H and O–H groups in total. The van der Waals surface area contributed by atoms with E-state index >= 15 is 0 Å². The summed E-state index contributed by atoms with van der Waals surface area (Å²) in [6.07, 6.45) is 0. The van der Waals surface area contributed by atoms with Gasteiger partial charge in [0.15, 0.2) is 0 Å². The predicted molar refractivity (Wildman–Crippen MR) is 136 cm³/mol. The van der Waals surface area contributed by atoms with E-state index < -0.39 is 0 Å². The minimum atomic E-state index is 0.0773. The van der Waals surface area contributed by atoms with Crippen LogP contribution in [0, 0.1) is 0 Å². The van der Waals surface area contributed by atoms with Gasteiger partial charge >= 0.3 is 0 Å². The molecule has 2 aliphatic rings. The molecular weight excluding hydrogens is 466 g/mol. The third kappa shape index (κ3) is 5.14. The molecule has 0 radical (unpaired) electrons. The zero-order chi connectivity index (χ0) is 23.5. The molecule has 0 atom stereocenters. The van der Waals surface area contributed by atoms with E-state index in [2.05, 4.69) is 4.90 Å². The number of carbonyl (C=O) groups is 2. The lowest BCUT2D eigenvalue weighted by Crippen LogP contribution is -2.64. The maximum absolute atomic E-state index is 12.9. The number of piperazine rings is 1. The molecule has 5 nitrogen and oxygen atoms in total. The molecule has 34 heavy (non-hydrogen) atoms. The molecule has 3 aromatic carbocycles. The number of hydrogen-bond acceptors (Lipinski definition) is 4. The van der Waals surface area contributed by atoms with E-state index in [-0.39, 0.29) is 11.8 Å². The summed E-state index contributed by atoms with van der Waals surface area (Å²) >= 11 is 7.69. The molecule has 2 saturated heterocycles. The Balaban J connectivity index is 1.09. The van der Waals surface area contributed by atoms with Crippen LogP contribution in [-0.2, 0) is 0 Å². The monoisotopic (exact) mass is 491 g/mol. The third-order valence-electron chi connectivity index (χ3n) is 6.42. The van der Waals surface area contributed by atoms with E-state index in [9.17, 15) is 9.59 Å². The van der Waals surface area contributed by atoms with Gasteiger partial charge in [0.1, 0.15) is 0 Å². The lowest BCUT2D eigenvalue weighted by molar-refractivity contribution is 0.00853. The smallest absolute Gasteiger partial charge is 0.253 e. The zero-order valence-electron chi connectivity index (χ0n) is 18.8. The van der Waals surface area contributed by atoms with Crippen LogP contribution in [0.2, 0.25) is 5.02 Å². The Kier molecular flexibility index (Phi) is 6.90. The third-order valence-corrected chi connectivity index (χ3v) is 7.65. The van der Waals surface area contributed by atoms with Crippen molar-refractivity contribution in [3.8, 4) is 0 Å². The Morgan fingerprint density at radius 3 is 2.03 bits per heavy atom. The molecule has 2 heterocycles. The summed E-state index contributed by atoms with van der Waals surface area (Å²) in [6.45, 7) is 4.63. The maximum atomic E-state index is 12.9. The number of nitrogens with zero attached hydrogens (tertiary/aromatic N) is 3. The van der Waals surface area contributed by atoms with E-state index in [0.717, 1.165) is 54.6 Å². The molecule has 0 aliphatic carbocycles. The number of benzene rings is 3. The van der Waals surface area contributed by atoms with Gasteiger partial charge in [-0.3, -0.25) is 14.5 Å². The van der Waals surface area contributed by atoms with Crippen LogP contribution in [0.5, 0.6) is 0 Å². The Labute approximate surface area is 209 Å². The zero-order valence-corrected chi connectivity index (χ0v) is 20.3. The first kappa shape index (κ1) is 23.0. The van der Waals surface area contributed by atoms with Gasteiger partial charge in [-0.2, -0.15) is 0 Å². The van der Waals surface area contributed by atoms with Crippen molar-refractivity contribution in [1.82, 2.24) is 14.7 Å². The van der Waals surface area contributed by atoms with Crippen molar-refractivity contribution in [2.24, 2.45) is 0 Å². The topological polar surface area (TPSA) is 43.9 Å². The lowest BCUT2D eigenvalue weighted by Gasteiger charge is -2.48. The van der Waals surface area contributed by atoms with Crippen LogP contribution in [0.15, 0.2) is 88.7 Å². The van der Waals surface area contributed by atoms with E-state index in [1.54, 1.807) is 11.8 Å². The fourth-order valence-corrected chi connectivity index (χ4v) is 5.55. The molecule has 0 saturated carbocycles. The minimum Gasteiger partial charge on any atom is -0.336 e. The van der Waals surface area contributed by atoms with Crippen molar-refractivity contribution in [3.63, 3.8) is 0 Å². The quantitative estimate of drug-likeness (QED) is 0.515. The first-order chi connectivity index (χ1) is 16.6. The number of likely N-dealkylation sites (tertiary alicyclic amines) is 1. The summed E-state index contributed by atoms with van der Waals surface area (Å²) in [5.41, 5.74) is 1.46. The number of halogens is 1. The Morgan fingerprint density at radius 2 is 1.35 bits per heavy atom. The largest absolute Gasteiger partial charge is 0.336 e. The van der Waals surface area contributed by atoms with E-state index in [1.165, 1.54) is 0 Å². The van der Waals surface area contributed by atoms with Crippen molar-refractivity contribution in [2.75, 3.05) is 39.3 Å². The van der Waals surface area contributed by atoms with Gasteiger partial charge in [-0.1, -0.05) is 47.6 Å². The summed E-state index contributed by atoms with van der Waals surface area (Å²) in [4.78, 5) is 33.9. The molecule has 0 bridgehead atoms. The fraction of sp³-hybridized carbons (Fsp3) is 0.259. The standard InChI is InChI=1S/C27H26ClN3O2S/c28-22-7-4-8-25(17-22)34-24-11-9-21(10-12-24)27(33)31-18-23(19-31)29-13-15-30(16-14-29)26(32)20-5-2-1-3-6-20/h1-12,17,23H,13-16,18-19H2. The summed E-state index contributed by atoms with van der Waals surface area (Å²) < 4.78 is 0. The van der Waals surface area contributed by atoms with Crippen LogP contribution in [0.25, 0.3) is 0 Å². The number of hydrogen-bond donors (Lipinski definition) is 0. The highest BCUT2D eigenvalue weighted by Crippen LogP contribution is 2.30. The van der Waals surface area contributed by atoms with Crippen LogP contribution in [-0.4, -0.2) is 71.8 Å². The van der Waals surface area contributed by atoms with Gasteiger partial charge in [0.25, 0.3) is 11.8 Å². The van der Waals surface area contributed by atoms with Crippen LogP contribution in [0.1, 0.15) is 20.7 Å². The second-order valence-electron chi connectivity index (χ2n) is 8.64. The first-order valence-electron chi connectivity index (χ1n) is 11.5. The predicted octanol–water partition coefficient (Wildman–Crippen LogP) is 4.77. The van der Waals surface area contributed by atoms with Crippen LogP contribution in [0.3, 0.4) is 0 Å². The average Bonchev–Trinajstić information content (AvgIpc) is 2.84. The van der Waals surface area contributed by atoms with Crippen LogP contribution >= 0.6 is 23.4 Å². The number of rotatable bonds is 5. The average molecular weight is 492 g/mol. The van der Waals surface area contributed by atoms with Crippen molar-refractivity contribution in [2.45, 2.75) is 15.8 Å². The molecule has 2 fully saturated rings. The first-order valence-corrected chi connectivity index (χ1v) is 12.7. The molecule has 3 aromatic rings. The summed E-state index contributed by atoms with van der Waals surface area (Å²) in [5, 5.41) is 0.716. The van der Waals surface area contributed by atoms with Crippen LogP contribution in [0.4, 0.5) is 0 Å². The Morgan fingerprint density at radius 1 is 0.706 bits per heavy atom. The van der Waals surface area contributed by atoms with Gasteiger partial charge in [0.05, 0.1) is 0 Å². The number of carbonyl (C=O) groups excluding carboxylic acids is 2. The second-order valence-corrected chi connectivity index (χ2v) is 10.2. The molecule has 2 aliphatic heterocycles. The highest BCUT2D eigenvalue weighted by molar-refractivity contribution is 7.99. The molecule has 0 aromatic heterocycles. The normalized spacial score (nSPS) is 16.9. The summed E-state index contributed by atoms with van der Waals surface area (Å²) in [6, 6.07) is 25.3. The van der Waals surface area contributed by atoms with E-state index in [1.807, 2.05) is 88.7 Å². The fourth-order valence-electron chi connectivity index (χ4n) is 4.42. The second kappa shape index (κ2) is 10.2. The lowest BCUT2D eigenvalue weighted by atomic mass is 10.0. The van der Waals surface area contributed by atoms with Gasteiger partial charge in [0.2, 0.25) is 0 Å². The van der Waals surface area contributed by atoms with Gasteiger partial charge in [0, 0.05) is 71.3 Å². The molecular formula is C27H26ClN3O2S. The number of amides is 2. The minimum absolute atomic E-state index is 0.0773. The van der Waals surface area contributed by atoms with Gasteiger partial charge < -0.3 is 9.80 Å². The van der Waals surface area contributed by atoms with E-state index in [4.69, 9.17) is 11.6 Å². The molecule has 0 spiro atoms.